The van der Waals surface area contributed by atoms with Crippen molar-refractivity contribution < 1.29 is 14.3 Å². The molecule has 1 amide bonds. The second-order valence-corrected chi connectivity index (χ2v) is 3.48. The Balaban J connectivity index is 2.51. The van der Waals surface area contributed by atoms with Gasteiger partial charge in [0.05, 0.1) is 0 Å². The van der Waals surface area contributed by atoms with E-state index in [9.17, 15) is 9.59 Å². The number of carbonyl (C=O) groups is 2. The molecule has 0 bridgehead atoms. The van der Waals surface area contributed by atoms with Crippen LogP contribution in [-0.2, 0) is 16.0 Å². The van der Waals surface area contributed by atoms with E-state index in [4.69, 9.17) is 4.74 Å². The van der Waals surface area contributed by atoms with E-state index >= 15 is 0 Å². The van der Waals surface area contributed by atoms with Crippen molar-refractivity contribution in [3.63, 3.8) is 0 Å². The summed E-state index contributed by atoms with van der Waals surface area (Å²) in [6.45, 7) is 1.55. The van der Waals surface area contributed by atoms with Gasteiger partial charge in [0.15, 0.2) is 6.61 Å². The molecule has 0 saturated heterocycles. The van der Waals surface area contributed by atoms with E-state index in [-0.39, 0.29) is 18.3 Å². The molecule has 16 heavy (non-hydrogen) atoms. The SMILES string of the molecule is CNC(=O)COc1ccc(CC(C)=O)cc1. The highest BCUT2D eigenvalue weighted by atomic mass is 16.5. The molecule has 86 valence electrons. The molecule has 0 spiro atoms. The van der Waals surface area contributed by atoms with Gasteiger partial charge >= 0.3 is 0 Å². The van der Waals surface area contributed by atoms with Crippen LogP contribution < -0.4 is 10.1 Å². The van der Waals surface area contributed by atoms with Gasteiger partial charge < -0.3 is 10.1 Å². The molecule has 0 aliphatic heterocycles. The highest BCUT2D eigenvalue weighted by molar-refractivity contribution is 5.78. The van der Waals surface area contributed by atoms with Gasteiger partial charge in [-0.3, -0.25) is 9.59 Å². The van der Waals surface area contributed by atoms with Gasteiger partial charge in [-0.25, -0.2) is 0 Å². The molecule has 0 aliphatic carbocycles. The Morgan fingerprint density at radius 2 is 1.88 bits per heavy atom. The Morgan fingerprint density at radius 3 is 2.38 bits per heavy atom. The van der Waals surface area contributed by atoms with Crippen molar-refractivity contribution in [3.8, 4) is 5.75 Å². The molecule has 0 aromatic heterocycles. The van der Waals surface area contributed by atoms with Crippen molar-refractivity contribution in [2.75, 3.05) is 13.7 Å². The largest absolute Gasteiger partial charge is 0.484 e. The average molecular weight is 221 g/mol. The fraction of sp³-hybridized carbons (Fsp3) is 0.333. The molecule has 0 heterocycles. The normalized spacial score (nSPS) is 9.62. The Morgan fingerprint density at radius 1 is 1.25 bits per heavy atom. The molecule has 1 N–H and O–H groups in total. The molecule has 0 unspecified atom stereocenters. The van der Waals surface area contributed by atoms with Crippen LogP contribution in [0.5, 0.6) is 5.75 Å². The van der Waals surface area contributed by atoms with E-state index in [2.05, 4.69) is 5.32 Å². The lowest BCUT2D eigenvalue weighted by molar-refractivity contribution is -0.122. The maximum Gasteiger partial charge on any atom is 0.257 e. The molecule has 1 aromatic carbocycles. The van der Waals surface area contributed by atoms with Crippen LogP contribution >= 0.6 is 0 Å². The summed E-state index contributed by atoms with van der Waals surface area (Å²) in [6.07, 6.45) is 0.426. The summed E-state index contributed by atoms with van der Waals surface area (Å²) < 4.78 is 5.22. The van der Waals surface area contributed by atoms with Gasteiger partial charge in [0.1, 0.15) is 11.5 Å². The van der Waals surface area contributed by atoms with E-state index in [0.29, 0.717) is 12.2 Å². The zero-order valence-corrected chi connectivity index (χ0v) is 9.45. The number of amides is 1. The molecular formula is C12H15NO3. The summed E-state index contributed by atoms with van der Waals surface area (Å²) in [7, 11) is 1.56. The molecule has 1 aromatic rings. The third-order valence-corrected chi connectivity index (χ3v) is 2.03. The van der Waals surface area contributed by atoms with Crippen molar-refractivity contribution in [1.29, 1.82) is 0 Å². The number of ketones is 1. The number of ether oxygens (including phenoxy) is 1. The number of hydrogen-bond donors (Lipinski definition) is 1. The van der Waals surface area contributed by atoms with Crippen LogP contribution in [0.1, 0.15) is 12.5 Å². The van der Waals surface area contributed by atoms with Gasteiger partial charge in [-0.05, 0) is 24.6 Å². The zero-order valence-electron chi connectivity index (χ0n) is 9.45. The van der Waals surface area contributed by atoms with Crippen molar-refractivity contribution >= 4 is 11.7 Å². The molecule has 0 saturated carbocycles. The van der Waals surface area contributed by atoms with Crippen LogP contribution in [0.4, 0.5) is 0 Å². The number of carbonyl (C=O) groups excluding carboxylic acids is 2. The fourth-order valence-corrected chi connectivity index (χ4v) is 1.21. The van der Waals surface area contributed by atoms with Crippen LogP contribution in [0.3, 0.4) is 0 Å². The van der Waals surface area contributed by atoms with Crippen molar-refractivity contribution in [3.05, 3.63) is 29.8 Å². The molecule has 0 aliphatic rings. The van der Waals surface area contributed by atoms with E-state index in [0.717, 1.165) is 5.56 Å². The van der Waals surface area contributed by atoms with E-state index < -0.39 is 0 Å². The van der Waals surface area contributed by atoms with Gasteiger partial charge in [-0.15, -0.1) is 0 Å². The van der Waals surface area contributed by atoms with Crippen molar-refractivity contribution in [2.45, 2.75) is 13.3 Å². The van der Waals surface area contributed by atoms with E-state index in [1.807, 2.05) is 12.1 Å². The van der Waals surface area contributed by atoms with Gasteiger partial charge in [0.25, 0.3) is 5.91 Å². The summed E-state index contributed by atoms with van der Waals surface area (Å²) in [5, 5.41) is 2.46. The molecule has 0 fully saturated rings. The maximum absolute atomic E-state index is 10.9. The lowest BCUT2D eigenvalue weighted by atomic mass is 10.1. The smallest absolute Gasteiger partial charge is 0.257 e. The number of Topliss-reactive ketones (excluding diaryl/α,β-unsaturated/α-hetero) is 1. The standard InChI is InChI=1S/C12H15NO3/c1-9(14)7-10-3-5-11(6-4-10)16-8-12(15)13-2/h3-6H,7-8H2,1-2H3,(H,13,15). The maximum atomic E-state index is 10.9. The Labute approximate surface area is 94.6 Å². The summed E-state index contributed by atoms with van der Waals surface area (Å²) in [5.41, 5.74) is 0.944. The minimum Gasteiger partial charge on any atom is -0.484 e. The third-order valence-electron chi connectivity index (χ3n) is 2.03. The third kappa shape index (κ3) is 4.13. The average Bonchev–Trinajstić information content (AvgIpc) is 2.27. The topological polar surface area (TPSA) is 55.4 Å². The molecule has 0 atom stereocenters. The van der Waals surface area contributed by atoms with Gasteiger partial charge in [-0.1, -0.05) is 12.1 Å². The van der Waals surface area contributed by atoms with Crippen LogP contribution in [0.15, 0.2) is 24.3 Å². The van der Waals surface area contributed by atoms with E-state index in [1.54, 1.807) is 26.1 Å². The second kappa shape index (κ2) is 5.90. The highest BCUT2D eigenvalue weighted by Crippen LogP contribution is 2.12. The highest BCUT2D eigenvalue weighted by Gasteiger charge is 2.01. The first-order chi connectivity index (χ1) is 7.61. The van der Waals surface area contributed by atoms with Gasteiger partial charge in [0.2, 0.25) is 0 Å². The summed E-state index contributed by atoms with van der Waals surface area (Å²) in [4.78, 5) is 21.8. The number of rotatable bonds is 5. The summed E-state index contributed by atoms with van der Waals surface area (Å²) in [6, 6.07) is 7.14. The number of likely N-dealkylation sites (N-methyl/N-ethyl adjacent to an activating group) is 1. The zero-order chi connectivity index (χ0) is 12.0. The monoisotopic (exact) mass is 221 g/mol. The molecule has 4 heteroatoms. The first kappa shape index (κ1) is 12.2. The van der Waals surface area contributed by atoms with E-state index in [1.165, 1.54) is 0 Å². The summed E-state index contributed by atoms with van der Waals surface area (Å²) in [5.74, 6) is 0.572. The summed E-state index contributed by atoms with van der Waals surface area (Å²) >= 11 is 0. The van der Waals surface area contributed by atoms with Crippen molar-refractivity contribution in [2.24, 2.45) is 0 Å². The number of hydrogen-bond acceptors (Lipinski definition) is 3. The number of benzene rings is 1. The van der Waals surface area contributed by atoms with Gasteiger partial charge in [0, 0.05) is 13.5 Å². The fourth-order valence-electron chi connectivity index (χ4n) is 1.21. The van der Waals surface area contributed by atoms with Crippen LogP contribution in [0.25, 0.3) is 0 Å². The lowest BCUT2D eigenvalue weighted by Crippen LogP contribution is -2.24. The van der Waals surface area contributed by atoms with Crippen molar-refractivity contribution in [1.82, 2.24) is 5.32 Å². The molecule has 0 radical (unpaired) electrons. The first-order valence-electron chi connectivity index (χ1n) is 5.03. The predicted molar refractivity (Wildman–Crippen MR) is 60.4 cm³/mol. The quantitative estimate of drug-likeness (QED) is 0.805. The first-order valence-corrected chi connectivity index (χ1v) is 5.03. The Kier molecular flexibility index (Phi) is 4.51. The second-order valence-electron chi connectivity index (χ2n) is 3.48. The predicted octanol–water partition coefficient (Wildman–Crippen LogP) is 0.943. The van der Waals surface area contributed by atoms with Crippen LogP contribution in [0, 0.1) is 0 Å². The molecule has 1 rings (SSSR count). The Hall–Kier alpha value is -1.84. The molecular weight excluding hydrogens is 206 g/mol. The minimum absolute atomic E-state index is 0.00253. The van der Waals surface area contributed by atoms with Gasteiger partial charge in [-0.2, -0.15) is 0 Å². The Bertz CT molecular complexity index is 370. The van der Waals surface area contributed by atoms with Crippen LogP contribution in [-0.4, -0.2) is 25.3 Å². The van der Waals surface area contributed by atoms with Crippen LogP contribution in [0.2, 0.25) is 0 Å². The lowest BCUT2D eigenvalue weighted by Gasteiger charge is -2.05. The minimum atomic E-state index is -0.173. The number of nitrogens with one attached hydrogen (secondary N) is 1. The molecule has 4 nitrogen and oxygen atoms in total.